The molecular formula is C9H15N5O2S2. The minimum atomic E-state index is -3.19. The van der Waals surface area contributed by atoms with Crippen LogP contribution < -0.4 is 16.4 Å². The van der Waals surface area contributed by atoms with Crippen molar-refractivity contribution in [3.8, 4) is 0 Å². The van der Waals surface area contributed by atoms with E-state index in [1.54, 1.807) is 22.7 Å². The van der Waals surface area contributed by atoms with E-state index >= 15 is 0 Å². The van der Waals surface area contributed by atoms with E-state index in [-0.39, 0.29) is 11.8 Å². The van der Waals surface area contributed by atoms with Crippen molar-refractivity contribution in [2.24, 2.45) is 0 Å². The lowest BCUT2D eigenvalue weighted by molar-refractivity contribution is 0.583. The third-order valence-electron chi connectivity index (χ3n) is 2.62. The Balaban J connectivity index is 2.40. The van der Waals surface area contributed by atoms with Crippen molar-refractivity contribution in [2.75, 3.05) is 40.7 Å². The molecule has 0 radical (unpaired) electrons. The smallest absolute Gasteiger partial charge is 0.223 e. The van der Waals surface area contributed by atoms with Crippen molar-refractivity contribution < 1.29 is 8.42 Å². The fourth-order valence-electron chi connectivity index (χ4n) is 1.82. The van der Waals surface area contributed by atoms with Gasteiger partial charge in [-0.05, 0) is 0 Å². The number of hydrogen-bond donors (Lipinski definition) is 2. The first-order valence-corrected chi connectivity index (χ1v) is 8.42. The molecule has 2 rings (SSSR count). The highest BCUT2D eigenvalue weighted by molar-refractivity contribution is 8.01. The maximum Gasteiger partial charge on any atom is 0.223 e. The van der Waals surface area contributed by atoms with E-state index in [4.69, 9.17) is 11.5 Å². The molecule has 1 aliphatic rings. The van der Waals surface area contributed by atoms with E-state index in [1.165, 1.54) is 6.26 Å². The van der Waals surface area contributed by atoms with Crippen LogP contribution in [0.5, 0.6) is 0 Å². The zero-order valence-corrected chi connectivity index (χ0v) is 11.5. The Labute approximate surface area is 110 Å². The van der Waals surface area contributed by atoms with E-state index < -0.39 is 15.2 Å². The molecule has 4 N–H and O–H groups in total. The fraction of sp³-hybridized carbons (Fsp3) is 0.556. The zero-order chi connectivity index (χ0) is 13.3. The molecule has 0 aliphatic carbocycles. The Kier molecular flexibility index (Phi) is 3.53. The van der Waals surface area contributed by atoms with Crippen LogP contribution in [0, 0.1) is 0 Å². The highest BCUT2D eigenvalue weighted by atomic mass is 32.2. The fourth-order valence-corrected chi connectivity index (χ4v) is 4.64. The third kappa shape index (κ3) is 2.78. The molecule has 0 bridgehead atoms. The zero-order valence-electron chi connectivity index (χ0n) is 9.91. The van der Waals surface area contributed by atoms with Gasteiger partial charge in [-0.3, -0.25) is 0 Å². The van der Waals surface area contributed by atoms with E-state index in [0.29, 0.717) is 18.1 Å². The van der Waals surface area contributed by atoms with Crippen molar-refractivity contribution in [3.63, 3.8) is 0 Å². The summed E-state index contributed by atoms with van der Waals surface area (Å²) < 4.78 is 23.6. The predicted octanol–water partition coefficient (Wildman–Crippen LogP) is -0.435. The van der Waals surface area contributed by atoms with Crippen molar-refractivity contribution in [1.29, 1.82) is 0 Å². The number of nitrogens with two attached hydrogens (primary N) is 2. The molecule has 1 saturated heterocycles. The van der Waals surface area contributed by atoms with Crippen LogP contribution in [0.15, 0.2) is 6.07 Å². The predicted molar refractivity (Wildman–Crippen MR) is 74.2 cm³/mol. The van der Waals surface area contributed by atoms with Gasteiger partial charge >= 0.3 is 0 Å². The molecule has 0 saturated carbocycles. The summed E-state index contributed by atoms with van der Waals surface area (Å²) in [5.41, 5.74) is 11.1. The summed E-state index contributed by atoms with van der Waals surface area (Å²) in [6.45, 7) is 0.596. The van der Waals surface area contributed by atoms with Crippen LogP contribution in [0.2, 0.25) is 0 Å². The highest BCUT2D eigenvalue weighted by Gasteiger charge is 2.32. The van der Waals surface area contributed by atoms with Gasteiger partial charge < -0.3 is 16.4 Å². The lowest BCUT2D eigenvalue weighted by atomic mass is 10.4. The minimum absolute atomic E-state index is 0.0514. The third-order valence-corrected chi connectivity index (χ3v) is 5.27. The maximum absolute atomic E-state index is 11.8. The summed E-state index contributed by atoms with van der Waals surface area (Å²) in [7, 11) is -3.19. The molecular weight excluding hydrogens is 274 g/mol. The SMILES string of the molecule is CS(=O)(=O)C1CSCCN1c1cc(N)nc(N)n1. The van der Waals surface area contributed by atoms with Crippen LogP contribution in [-0.2, 0) is 9.84 Å². The normalized spacial score (nSPS) is 20.9. The van der Waals surface area contributed by atoms with Gasteiger partial charge in [-0.1, -0.05) is 0 Å². The molecule has 1 aliphatic heterocycles. The van der Waals surface area contributed by atoms with Crippen molar-refractivity contribution >= 4 is 39.2 Å². The summed E-state index contributed by atoms with van der Waals surface area (Å²) >= 11 is 1.61. The average Bonchev–Trinajstić information content (AvgIpc) is 2.26. The van der Waals surface area contributed by atoms with E-state index in [2.05, 4.69) is 9.97 Å². The standard InChI is InChI=1S/C9H15N5O2S2/c1-18(15,16)8-5-17-3-2-14(8)7-4-6(10)12-9(11)13-7/h4,8H,2-3,5H2,1H3,(H4,10,11,12,13). The summed E-state index contributed by atoms with van der Waals surface area (Å²) in [5.74, 6) is 2.12. The Morgan fingerprint density at radius 2 is 2.17 bits per heavy atom. The van der Waals surface area contributed by atoms with E-state index in [0.717, 1.165) is 5.75 Å². The molecule has 0 aromatic carbocycles. The van der Waals surface area contributed by atoms with Crippen LogP contribution in [0.3, 0.4) is 0 Å². The molecule has 0 amide bonds. The molecule has 100 valence electrons. The molecule has 1 aromatic rings. The highest BCUT2D eigenvalue weighted by Crippen LogP contribution is 2.26. The average molecular weight is 289 g/mol. The maximum atomic E-state index is 11.8. The number of aromatic nitrogens is 2. The second-order valence-electron chi connectivity index (χ2n) is 4.06. The van der Waals surface area contributed by atoms with Crippen LogP contribution in [0.25, 0.3) is 0 Å². The Hall–Kier alpha value is -1.22. The monoisotopic (exact) mass is 289 g/mol. The number of hydrogen-bond acceptors (Lipinski definition) is 8. The van der Waals surface area contributed by atoms with Gasteiger partial charge in [0.25, 0.3) is 0 Å². The van der Waals surface area contributed by atoms with Crippen LogP contribution >= 0.6 is 11.8 Å². The number of rotatable bonds is 2. The molecule has 1 fully saturated rings. The van der Waals surface area contributed by atoms with Gasteiger partial charge in [-0.15, -0.1) is 0 Å². The lowest BCUT2D eigenvalue weighted by Gasteiger charge is -2.34. The summed E-state index contributed by atoms with van der Waals surface area (Å²) in [4.78, 5) is 9.56. The van der Waals surface area contributed by atoms with Gasteiger partial charge in [0, 0.05) is 30.4 Å². The van der Waals surface area contributed by atoms with Crippen LogP contribution in [-0.4, -0.2) is 48.1 Å². The molecule has 1 unspecified atom stereocenters. The van der Waals surface area contributed by atoms with Crippen molar-refractivity contribution in [1.82, 2.24) is 9.97 Å². The lowest BCUT2D eigenvalue weighted by Crippen LogP contribution is -2.47. The summed E-state index contributed by atoms with van der Waals surface area (Å²) in [5, 5.41) is -0.593. The Morgan fingerprint density at radius 1 is 1.44 bits per heavy atom. The molecule has 1 aromatic heterocycles. The first-order valence-electron chi connectivity index (χ1n) is 5.31. The summed E-state index contributed by atoms with van der Waals surface area (Å²) in [6, 6.07) is 1.55. The van der Waals surface area contributed by atoms with Crippen LogP contribution in [0.4, 0.5) is 17.6 Å². The van der Waals surface area contributed by atoms with Gasteiger partial charge in [0.1, 0.15) is 17.0 Å². The first-order chi connectivity index (χ1) is 8.38. The minimum Gasteiger partial charge on any atom is -0.383 e. The largest absolute Gasteiger partial charge is 0.383 e. The van der Waals surface area contributed by atoms with Crippen LogP contribution in [0.1, 0.15) is 0 Å². The second kappa shape index (κ2) is 4.81. The van der Waals surface area contributed by atoms with Gasteiger partial charge in [-0.25, -0.2) is 8.42 Å². The number of sulfone groups is 1. The topological polar surface area (TPSA) is 115 Å². The number of thioether (sulfide) groups is 1. The van der Waals surface area contributed by atoms with E-state index in [1.807, 2.05) is 0 Å². The Bertz CT molecular complexity index is 528. The number of nitrogens with zero attached hydrogens (tertiary/aromatic N) is 3. The molecule has 1 atom stereocenters. The molecule has 2 heterocycles. The Morgan fingerprint density at radius 3 is 2.78 bits per heavy atom. The molecule has 0 spiro atoms. The van der Waals surface area contributed by atoms with Gasteiger partial charge in [0.15, 0.2) is 9.84 Å². The van der Waals surface area contributed by atoms with Gasteiger partial charge in [0.2, 0.25) is 5.95 Å². The number of nitrogen functional groups attached to an aromatic ring is 2. The molecule has 18 heavy (non-hydrogen) atoms. The van der Waals surface area contributed by atoms with E-state index in [9.17, 15) is 8.42 Å². The quantitative estimate of drug-likeness (QED) is 0.753. The second-order valence-corrected chi connectivity index (χ2v) is 7.41. The van der Waals surface area contributed by atoms with Gasteiger partial charge in [0.05, 0.1) is 0 Å². The summed E-state index contributed by atoms with van der Waals surface area (Å²) in [6.07, 6.45) is 1.23. The molecule has 9 heteroatoms. The van der Waals surface area contributed by atoms with Crippen molar-refractivity contribution in [2.45, 2.75) is 5.37 Å². The first kappa shape index (κ1) is 13.2. The van der Waals surface area contributed by atoms with Gasteiger partial charge in [-0.2, -0.15) is 21.7 Å². The number of anilines is 3. The molecule has 7 nitrogen and oxygen atoms in total. The van der Waals surface area contributed by atoms with Crippen molar-refractivity contribution in [3.05, 3.63) is 6.07 Å².